The van der Waals surface area contributed by atoms with E-state index in [4.69, 9.17) is 17.3 Å². The van der Waals surface area contributed by atoms with Gasteiger partial charge in [-0.05, 0) is 18.2 Å². The van der Waals surface area contributed by atoms with Crippen LogP contribution < -0.4 is 5.73 Å². The van der Waals surface area contributed by atoms with Gasteiger partial charge in [-0.25, -0.2) is 9.37 Å². The van der Waals surface area contributed by atoms with Gasteiger partial charge in [0, 0.05) is 17.5 Å². The third kappa shape index (κ3) is 2.95. The second-order valence-corrected chi connectivity index (χ2v) is 6.35. The van der Waals surface area contributed by atoms with Crippen molar-refractivity contribution in [1.82, 2.24) is 9.55 Å². The molecule has 0 atom stereocenters. The molecule has 0 bridgehead atoms. The van der Waals surface area contributed by atoms with E-state index in [1.165, 1.54) is 6.07 Å². The summed E-state index contributed by atoms with van der Waals surface area (Å²) < 4.78 is 15.2. The van der Waals surface area contributed by atoms with Crippen LogP contribution in [0.25, 0.3) is 11.3 Å². The average Bonchev–Trinajstić information content (AvgIpc) is 2.71. The van der Waals surface area contributed by atoms with Crippen molar-refractivity contribution in [3.63, 3.8) is 0 Å². The highest BCUT2D eigenvalue weighted by Crippen LogP contribution is 2.33. The Morgan fingerprint density at radius 2 is 2.10 bits per heavy atom. The van der Waals surface area contributed by atoms with Crippen molar-refractivity contribution in [2.45, 2.75) is 32.7 Å². The van der Waals surface area contributed by atoms with Crippen LogP contribution in [0.1, 0.15) is 26.6 Å². The zero-order valence-electron chi connectivity index (χ0n) is 12.5. The van der Waals surface area contributed by atoms with E-state index in [1.54, 1.807) is 18.2 Å². The molecular weight excluding hydrogens is 289 g/mol. The van der Waals surface area contributed by atoms with E-state index in [9.17, 15) is 4.39 Å². The Morgan fingerprint density at radius 1 is 1.43 bits per heavy atom. The lowest BCUT2D eigenvalue weighted by atomic mass is 9.95. The number of allylic oxidation sites excluding steroid dienone is 1. The summed E-state index contributed by atoms with van der Waals surface area (Å²) >= 11 is 5.85. The molecule has 0 aliphatic rings. The summed E-state index contributed by atoms with van der Waals surface area (Å²) in [6.45, 7) is 10.5. The lowest BCUT2D eigenvalue weighted by molar-refractivity contribution is 0.515. The number of hydrogen-bond donors (Lipinski definition) is 1. The SMILES string of the molecule is C=CCn1c(C(C)(C)C)nc(-c2ccc(F)c(Cl)c2)c1N. The quantitative estimate of drug-likeness (QED) is 0.854. The Morgan fingerprint density at radius 3 is 2.62 bits per heavy atom. The van der Waals surface area contributed by atoms with Gasteiger partial charge < -0.3 is 10.3 Å². The van der Waals surface area contributed by atoms with Crippen LogP contribution in [0.3, 0.4) is 0 Å². The molecule has 0 fully saturated rings. The van der Waals surface area contributed by atoms with Gasteiger partial charge in [0.05, 0.1) is 5.02 Å². The molecule has 1 aromatic heterocycles. The largest absolute Gasteiger partial charge is 0.383 e. The third-order valence-corrected chi connectivity index (χ3v) is 3.47. The minimum absolute atomic E-state index is 0.0579. The molecule has 0 saturated heterocycles. The second-order valence-electron chi connectivity index (χ2n) is 5.95. The van der Waals surface area contributed by atoms with Crippen LogP contribution >= 0.6 is 11.6 Å². The standard InChI is InChI=1S/C16H19ClFN3/c1-5-8-21-14(19)13(20-15(21)16(2,3)4)10-6-7-12(18)11(17)9-10/h5-7,9H,1,8,19H2,2-4H3. The van der Waals surface area contributed by atoms with Crippen LogP contribution in [0.2, 0.25) is 5.02 Å². The lowest BCUT2D eigenvalue weighted by Gasteiger charge is -2.19. The molecule has 2 rings (SSSR count). The molecule has 2 aromatic rings. The molecule has 0 aliphatic heterocycles. The molecule has 0 aliphatic carbocycles. The first-order valence-electron chi connectivity index (χ1n) is 6.68. The van der Waals surface area contributed by atoms with Gasteiger partial charge in [0.2, 0.25) is 0 Å². The zero-order valence-corrected chi connectivity index (χ0v) is 13.2. The van der Waals surface area contributed by atoms with Crippen molar-refractivity contribution in [2.24, 2.45) is 0 Å². The van der Waals surface area contributed by atoms with Gasteiger partial charge in [-0.1, -0.05) is 38.4 Å². The van der Waals surface area contributed by atoms with E-state index in [1.807, 2.05) is 4.57 Å². The number of benzene rings is 1. The van der Waals surface area contributed by atoms with Gasteiger partial charge in [0.1, 0.15) is 23.2 Å². The predicted octanol–water partition coefficient (Wildman–Crippen LogP) is 4.41. The first-order valence-corrected chi connectivity index (χ1v) is 7.06. The number of nitrogens with zero attached hydrogens (tertiary/aromatic N) is 2. The van der Waals surface area contributed by atoms with Crippen LogP contribution in [0.4, 0.5) is 10.2 Å². The van der Waals surface area contributed by atoms with E-state index in [-0.39, 0.29) is 10.4 Å². The maximum atomic E-state index is 13.3. The van der Waals surface area contributed by atoms with Gasteiger partial charge in [-0.2, -0.15) is 0 Å². The first-order chi connectivity index (χ1) is 9.75. The topological polar surface area (TPSA) is 43.8 Å². The van der Waals surface area contributed by atoms with Gasteiger partial charge >= 0.3 is 0 Å². The molecule has 2 N–H and O–H groups in total. The highest BCUT2D eigenvalue weighted by atomic mass is 35.5. The van der Waals surface area contributed by atoms with Crippen molar-refractivity contribution in [1.29, 1.82) is 0 Å². The molecule has 0 amide bonds. The van der Waals surface area contributed by atoms with Crippen LogP contribution in [0, 0.1) is 5.82 Å². The first kappa shape index (κ1) is 15.6. The minimum Gasteiger partial charge on any atom is -0.383 e. The molecular formula is C16H19ClFN3. The van der Waals surface area contributed by atoms with Crippen LogP contribution in [-0.2, 0) is 12.0 Å². The Balaban J connectivity index is 2.64. The summed E-state index contributed by atoms with van der Waals surface area (Å²) in [6.07, 6.45) is 1.77. The van der Waals surface area contributed by atoms with Gasteiger partial charge in [-0.15, -0.1) is 6.58 Å². The number of imidazole rings is 1. The highest BCUT2D eigenvalue weighted by molar-refractivity contribution is 6.31. The molecule has 0 spiro atoms. The molecule has 0 radical (unpaired) electrons. The van der Waals surface area contributed by atoms with Gasteiger partial charge in [0.25, 0.3) is 0 Å². The molecule has 0 unspecified atom stereocenters. The molecule has 1 heterocycles. The summed E-state index contributed by atoms with van der Waals surface area (Å²) in [5.41, 5.74) is 7.37. The number of anilines is 1. The van der Waals surface area contributed by atoms with E-state index < -0.39 is 5.82 Å². The minimum atomic E-state index is -0.458. The average molecular weight is 308 g/mol. The van der Waals surface area contributed by atoms with Gasteiger partial charge in [-0.3, -0.25) is 0 Å². The number of hydrogen-bond acceptors (Lipinski definition) is 2. The summed E-state index contributed by atoms with van der Waals surface area (Å²) in [5, 5.41) is 0.0579. The molecule has 21 heavy (non-hydrogen) atoms. The summed E-state index contributed by atoms with van der Waals surface area (Å²) in [4.78, 5) is 4.65. The van der Waals surface area contributed by atoms with Crippen molar-refractivity contribution in [3.05, 3.63) is 47.5 Å². The smallest absolute Gasteiger partial charge is 0.141 e. The fourth-order valence-corrected chi connectivity index (χ4v) is 2.39. The Hall–Kier alpha value is -1.81. The number of rotatable bonds is 3. The Bertz CT molecular complexity index is 684. The number of aromatic nitrogens is 2. The van der Waals surface area contributed by atoms with Crippen LogP contribution in [0.5, 0.6) is 0 Å². The van der Waals surface area contributed by atoms with Crippen molar-refractivity contribution >= 4 is 17.4 Å². The highest BCUT2D eigenvalue weighted by Gasteiger charge is 2.25. The molecule has 5 heteroatoms. The number of nitrogen functional groups attached to an aromatic ring is 1. The maximum absolute atomic E-state index is 13.3. The number of halogens is 2. The molecule has 112 valence electrons. The predicted molar refractivity (Wildman–Crippen MR) is 85.9 cm³/mol. The number of nitrogens with two attached hydrogens (primary N) is 1. The fraction of sp³-hybridized carbons (Fsp3) is 0.312. The van der Waals surface area contributed by atoms with Crippen LogP contribution in [0.15, 0.2) is 30.9 Å². The van der Waals surface area contributed by atoms with E-state index in [0.29, 0.717) is 23.6 Å². The van der Waals surface area contributed by atoms with Crippen molar-refractivity contribution in [2.75, 3.05) is 5.73 Å². The summed E-state index contributed by atoms with van der Waals surface area (Å²) in [5.74, 6) is 0.929. The van der Waals surface area contributed by atoms with E-state index in [0.717, 1.165) is 5.82 Å². The van der Waals surface area contributed by atoms with Gasteiger partial charge in [0.15, 0.2) is 0 Å². The maximum Gasteiger partial charge on any atom is 0.141 e. The van der Waals surface area contributed by atoms with E-state index >= 15 is 0 Å². The zero-order chi connectivity index (χ0) is 15.8. The van der Waals surface area contributed by atoms with Crippen LogP contribution in [-0.4, -0.2) is 9.55 Å². The lowest BCUT2D eigenvalue weighted by Crippen LogP contribution is -2.19. The fourth-order valence-electron chi connectivity index (χ4n) is 2.21. The Kier molecular flexibility index (Phi) is 4.10. The van der Waals surface area contributed by atoms with Crippen molar-refractivity contribution in [3.8, 4) is 11.3 Å². The normalized spacial score (nSPS) is 11.7. The van der Waals surface area contributed by atoms with E-state index in [2.05, 4.69) is 32.3 Å². The van der Waals surface area contributed by atoms with Crippen molar-refractivity contribution < 1.29 is 4.39 Å². The monoisotopic (exact) mass is 307 g/mol. The third-order valence-electron chi connectivity index (χ3n) is 3.18. The second kappa shape index (κ2) is 5.53. The summed E-state index contributed by atoms with van der Waals surface area (Å²) in [6, 6.07) is 4.49. The Labute approximate surface area is 129 Å². The molecule has 0 saturated carbocycles. The molecule has 3 nitrogen and oxygen atoms in total. The summed E-state index contributed by atoms with van der Waals surface area (Å²) in [7, 11) is 0. The molecule has 1 aromatic carbocycles.